The zero-order chi connectivity index (χ0) is 37.2. The number of rotatable bonds is 12. The molecule has 4 fully saturated rings. The van der Waals surface area contributed by atoms with E-state index >= 15 is 0 Å². The Morgan fingerprint density at radius 3 is 2.38 bits per heavy atom. The molecule has 1 N–H and O–H groups in total. The number of piperidine rings is 2. The molecule has 2 amide bonds. The highest BCUT2D eigenvalue weighted by atomic mass is 32.2. The lowest BCUT2D eigenvalue weighted by Gasteiger charge is -2.54. The standard InChI is InChI=1S/C36H52FN9O5S/c1-6-32(47)40-29-10-15-44(16-11-29)52(49,50)45-17-12-36(13-18-45)22-42(23-36)20-27-9-14-43(21-27)33-34(41-39-24-38-33)51-31-8-7-28(37)19-30(31)35(48)46(25(2)3)26(4)5/h6-8,19,24-27,29H,1,9-18,20-23H2,2-5H3,(H,40,47)/t27-/m0/s1. The molecular formula is C36H52FN9O5S. The van der Waals surface area contributed by atoms with Crippen molar-refractivity contribution >= 4 is 27.8 Å². The fraction of sp³-hybridized carbons (Fsp3) is 0.639. The van der Waals surface area contributed by atoms with Crippen LogP contribution in [0.25, 0.3) is 0 Å². The summed E-state index contributed by atoms with van der Waals surface area (Å²) in [6.07, 6.45) is 6.47. The summed E-state index contributed by atoms with van der Waals surface area (Å²) >= 11 is 0. The van der Waals surface area contributed by atoms with Crippen molar-refractivity contribution in [2.75, 3.05) is 63.8 Å². The van der Waals surface area contributed by atoms with Gasteiger partial charge in [-0.15, -0.1) is 10.2 Å². The normalized spacial score (nSPS) is 21.8. The molecule has 6 rings (SSSR count). The van der Waals surface area contributed by atoms with E-state index in [1.807, 2.05) is 27.7 Å². The third kappa shape index (κ3) is 8.24. The molecule has 0 unspecified atom stereocenters. The first-order valence-electron chi connectivity index (χ1n) is 18.4. The monoisotopic (exact) mass is 741 g/mol. The maximum atomic E-state index is 14.4. The van der Waals surface area contributed by atoms with Crippen LogP contribution in [0.2, 0.25) is 0 Å². The Balaban J connectivity index is 1.00. The summed E-state index contributed by atoms with van der Waals surface area (Å²) in [6.45, 7) is 17.4. The van der Waals surface area contributed by atoms with Gasteiger partial charge in [-0.25, -0.2) is 9.37 Å². The third-order valence-corrected chi connectivity index (χ3v) is 13.0. The largest absolute Gasteiger partial charge is 0.434 e. The summed E-state index contributed by atoms with van der Waals surface area (Å²) in [4.78, 5) is 36.0. The minimum Gasteiger partial charge on any atom is -0.434 e. The fourth-order valence-corrected chi connectivity index (χ4v) is 9.98. The number of aromatic nitrogens is 3. The molecule has 1 aromatic carbocycles. The number of amides is 2. The number of nitrogens with one attached hydrogen (secondary N) is 1. The summed E-state index contributed by atoms with van der Waals surface area (Å²) in [5, 5.41) is 11.0. The van der Waals surface area contributed by atoms with E-state index in [9.17, 15) is 22.4 Å². The number of nitrogens with zero attached hydrogens (tertiary/aromatic N) is 8. The average molecular weight is 742 g/mol. The summed E-state index contributed by atoms with van der Waals surface area (Å²) in [5.41, 5.74) is 0.263. The molecule has 52 heavy (non-hydrogen) atoms. The van der Waals surface area contributed by atoms with Gasteiger partial charge in [0.1, 0.15) is 17.9 Å². The maximum Gasteiger partial charge on any atom is 0.282 e. The second kappa shape index (κ2) is 15.7. The van der Waals surface area contributed by atoms with Crippen molar-refractivity contribution in [2.45, 2.75) is 77.9 Å². The van der Waals surface area contributed by atoms with Crippen LogP contribution in [0.5, 0.6) is 11.6 Å². The lowest BCUT2D eigenvalue weighted by molar-refractivity contribution is -0.117. The SMILES string of the molecule is C=CC(=O)NC1CCN(S(=O)(=O)N2CCC3(CC2)CN(C[C@@H]2CCN(c4ncnnc4Oc4ccc(F)cc4C(=O)N(C(C)C)C(C)C)C2)C3)CC1. The van der Waals surface area contributed by atoms with E-state index in [1.165, 1.54) is 30.6 Å². The van der Waals surface area contributed by atoms with Crippen LogP contribution in [0.15, 0.2) is 37.2 Å². The second-order valence-electron chi connectivity index (χ2n) is 15.3. The zero-order valence-corrected chi connectivity index (χ0v) is 31.5. The molecule has 1 atom stereocenters. The Morgan fingerprint density at radius 2 is 1.73 bits per heavy atom. The van der Waals surface area contributed by atoms with Crippen LogP contribution in [-0.2, 0) is 15.0 Å². The van der Waals surface area contributed by atoms with Gasteiger partial charge in [-0.2, -0.15) is 17.0 Å². The number of carbonyl (C=O) groups excluding carboxylic acids is 2. The summed E-state index contributed by atoms with van der Waals surface area (Å²) in [5.74, 6) is 0.204. The first kappa shape index (κ1) is 38.0. The Bertz CT molecular complexity index is 1710. The van der Waals surface area contributed by atoms with Gasteiger partial charge in [0.15, 0.2) is 5.82 Å². The van der Waals surface area contributed by atoms with Crippen LogP contribution in [-0.4, -0.2) is 131 Å². The molecule has 4 aliphatic heterocycles. The third-order valence-electron chi connectivity index (χ3n) is 10.9. The van der Waals surface area contributed by atoms with E-state index in [-0.39, 0.29) is 52.5 Å². The number of ether oxygens (including phenoxy) is 1. The molecule has 14 nitrogen and oxygen atoms in total. The van der Waals surface area contributed by atoms with Crippen LogP contribution in [0.3, 0.4) is 0 Å². The molecule has 1 spiro atoms. The Hall–Kier alpha value is -3.73. The first-order chi connectivity index (χ1) is 24.8. The molecule has 4 aliphatic rings. The van der Waals surface area contributed by atoms with Crippen molar-refractivity contribution in [2.24, 2.45) is 11.3 Å². The molecule has 0 aliphatic carbocycles. The van der Waals surface area contributed by atoms with E-state index < -0.39 is 16.0 Å². The van der Waals surface area contributed by atoms with Gasteiger partial charge >= 0.3 is 0 Å². The van der Waals surface area contributed by atoms with Gasteiger partial charge in [-0.3, -0.25) is 9.59 Å². The highest BCUT2D eigenvalue weighted by Crippen LogP contribution is 2.42. The lowest BCUT2D eigenvalue weighted by atomic mass is 9.72. The number of halogens is 1. The first-order valence-corrected chi connectivity index (χ1v) is 19.8. The molecular weight excluding hydrogens is 690 g/mol. The maximum absolute atomic E-state index is 14.4. The average Bonchev–Trinajstić information content (AvgIpc) is 3.57. The summed E-state index contributed by atoms with van der Waals surface area (Å²) in [6, 6.07) is 3.69. The van der Waals surface area contributed by atoms with Crippen molar-refractivity contribution in [3.8, 4) is 11.6 Å². The second-order valence-corrected chi connectivity index (χ2v) is 17.2. The Kier molecular flexibility index (Phi) is 11.5. The molecule has 0 saturated carbocycles. The Morgan fingerprint density at radius 1 is 1.06 bits per heavy atom. The van der Waals surface area contributed by atoms with Gasteiger partial charge in [0, 0.05) is 77.0 Å². The minimum atomic E-state index is -3.53. The number of carbonyl (C=O) groups is 2. The van der Waals surface area contributed by atoms with Crippen LogP contribution < -0.4 is 15.0 Å². The highest BCUT2D eigenvalue weighted by molar-refractivity contribution is 7.86. The molecule has 284 valence electrons. The van der Waals surface area contributed by atoms with E-state index in [0.717, 1.165) is 52.0 Å². The van der Waals surface area contributed by atoms with E-state index in [4.69, 9.17) is 4.74 Å². The van der Waals surface area contributed by atoms with E-state index in [1.54, 1.807) is 13.5 Å². The minimum absolute atomic E-state index is 0.0279. The quantitative estimate of drug-likeness (QED) is 0.322. The van der Waals surface area contributed by atoms with Crippen molar-refractivity contribution in [3.63, 3.8) is 0 Å². The van der Waals surface area contributed by atoms with Gasteiger partial charge in [-0.05, 0) is 95.4 Å². The lowest BCUT2D eigenvalue weighted by Crippen LogP contribution is -2.62. The summed E-state index contributed by atoms with van der Waals surface area (Å²) in [7, 11) is -3.53. The van der Waals surface area contributed by atoms with Crippen LogP contribution >= 0.6 is 0 Å². The highest BCUT2D eigenvalue weighted by Gasteiger charge is 2.48. The van der Waals surface area contributed by atoms with Crippen molar-refractivity contribution in [1.29, 1.82) is 0 Å². The number of hydrogen-bond acceptors (Lipinski definition) is 10. The van der Waals surface area contributed by atoms with Gasteiger partial charge in [0.25, 0.3) is 22.0 Å². The predicted octanol–water partition coefficient (Wildman–Crippen LogP) is 3.30. The van der Waals surface area contributed by atoms with Gasteiger partial charge in [0.05, 0.1) is 5.56 Å². The molecule has 0 bridgehead atoms. The molecule has 2 aromatic rings. The van der Waals surface area contributed by atoms with Gasteiger partial charge in [0.2, 0.25) is 5.91 Å². The molecule has 0 radical (unpaired) electrons. The van der Waals surface area contributed by atoms with Gasteiger partial charge < -0.3 is 24.8 Å². The number of hydrogen-bond donors (Lipinski definition) is 1. The van der Waals surface area contributed by atoms with Crippen molar-refractivity contribution in [1.82, 2.24) is 38.9 Å². The topological polar surface area (TPSA) is 144 Å². The molecule has 5 heterocycles. The van der Waals surface area contributed by atoms with Crippen molar-refractivity contribution < 1.29 is 27.1 Å². The van der Waals surface area contributed by atoms with Crippen LogP contribution in [0.1, 0.15) is 70.2 Å². The Labute approximate surface area is 306 Å². The number of anilines is 1. The molecule has 16 heteroatoms. The fourth-order valence-electron chi connectivity index (χ4n) is 8.34. The number of benzene rings is 1. The molecule has 1 aromatic heterocycles. The van der Waals surface area contributed by atoms with Crippen LogP contribution in [0.4, 0.5) is 10.2 Å². The van der Waals surface area contributed by atoms with Crippen molar-refractivity contribution in [3.05, 3.63) is 48.6 Å². The van der Waals surface area contributed by atoms with E-state index in [0.29, 0.717) is 50.8 Å². The predicted molar refractivity (Wildman–Crippen MR) is 195 cm³/mol. The summed E-state index contributed by atoms with van der Waals surface area (Å²) < 4.78 is 50.6. The zero-order valence-electron chi connectivity index (χ0n) is 30.7. The molecule has 4 saturated heterocycles. The smallest absolute Gasteiger partial charge is 0.282 e. The number of likely N-dealkylation sites (tertiary alicyclic amines) is 1. The van der Waals surface area contributed by atoms with Crippen LogP contribution in [0, 0.1) is 17.2 Å². The van der Waals surface area contributed by atoms with Gasteiger partial charge in [-0.1, -0.05) is 6.58 Å². The van der Waals surface area contributed by atoms with E-state index in [2.05, 4.69) is 36.9 Å².